The molecule has 0 bridgehead atoms. The van der Waals surface area contributed by atoms with E-state index in [1.165, 1.54) is 0 Å². The number of nitrogens with one attached hydrogen (secondary N) is 1. The number of halogens is 1. The van der Waals surface area contributed by atoms with Gasteiger partial charge in [0.25, 0.3) is 5.91 Å². The van der Waals surface area contributed by atoms with Crippen molar-refractivity contribution in [2.24, 2.45) is 5.92 Å². The lowest BCUT2D eigenvalue weighted by atomic mass is 9.95. The van der Waals surface area contributed by atoms with Crippen LogP contribution in [0.1, 0.15) is 30.1 Å². The predicted octanol–water partition coefficient (Wildman–Crippen LogP) is 2.34. The third kappa shape index (κ3) is 4.94. The number of methoxy groups -OCH3 is 1. The lowest BCUT2D eigenvalue weighted by molar-refractivity contribution is -0.127. The molecule has 5 nitrogen and oxygen atoms in total. The Hall–Kier alpha value is -1.59. The summed E-state index contributed by atoms with van der Waals surface area (Å²) in [5.74, 6) is 0.00462. The van der Waals surface area contributed by atoms with Gasteiger partial charge in [-0.2, -0.15) is 0 Å². The van der Waals surface area contributed by atoms with Crippen molar-refractivity contribution in [1.29, 1.82) is 0 Å². The average molecular weight is 339 g/mol. The topological polar surface area (TPSA) is 58.6 Å². The molecule has 1 heterocycles. The fraction of sp³-hybridized carbons (Fsp3) is 0.529. The number of piperidine rings is 1. The lowest BCUT2D eigenvalue weighted by Crippen LogP contribution is -2.45. The van der Waals surface area contributed by atoms with Crippen molar-refractivity contribution in [3.8, 4) is 0 Å². The van der Waals surface area contributed by atoms with Crippen LogP contribution < -0.4 is 5.32 Å². The van der Waals surface area contributed by atoms with E-state index in [1.807, 2.05) is 6.92 Å². The van der Waals surface area contributed by atoms with Crippen molar-refractivity contribution in [3.63, 3.8) is 0 Å². The van der Waals surface area contributed by atoms with Crippen LogP contribution in [0.3, 0.4) is 0 Å². The molecule has 1 aliphatic rings. The minimum Gasteiger partial charge on any atom is -0.383 e. The number of carbonyl (C=O) groups excluding carboxylic acids is 2. The van der Waals surface area contributed by atoms with Gasteiger partial charge >= 0.3 is 0 Å². The summed E-state index contributed by atoms with van der Waals surface area (Å²) < 4.78 is 5.02. The number of ether oxygens (including phenoxy) is 1. The molecule has 0 aliphatic carbocycles. The SMILES string of the molecule is COCC(C)NC(=O)C1CCN(C(=O)c2ccc(Cl)cc2)CC1. The third-order valence-electron chi connectivity index (χ3n) is 4.05. The fourth-order valence-electron chi connectivity index (χ4n) is 2.77. The Morgan fingerprint density at radius 3 is 2.48 bits per heavy atom. The second-order valence-corrected chi connectivity index (χ2v) is 6.37. The van der Waals surface area contributed by atoms with Gasteiger partial charge in [-0.15, -0.1) is 0 Å². The van der Waals surface area contributed by atoms with Gasteiger partial charge in [0, 0.05) is 42.7 Å². The van der Waals surface area contributed by atoms with Gasteiger partial charge in [0.05, 0.1) is 6.61 Å². The van der Waals surface area contributed by atoms with Crippen molar-refractivity contribution in [1.82, 2.24) is 10.2 Å². The molecule has 1 aliphatic heterocycles. The smallest absolute Gasteiger partial charge is 0.253 e. The van der Waals surface area contributed by atoms with Crippen LogP contribution in [0.25, 0.3) is 0 Å². The molecular formula is C17H23ClN2O3. The Bertz CT molecular complexity index is 539. The van der Waals surface area contributed by atoms with Crippen LogP contribution in [0.2, 0.25) is 5.02 Å². The maximum absolute atomic E-state index is 12.4. The highest BCUT2D eigenvalue weighted by Gasteiger charge is 2.28. The number of hydrogen-bond donors (Lipinski definition) is 1. The van der Waals surface area contributed by atoms with Crippen molar-refractivity contribution in [3.05, 3.63) is 34.9 Å². The maximum atomic E-state index is 12.4. The predicted molar refractivity (Wildman–Crippen MR) is 89.6 cm³/mol. The summed E-state index contributed by atoms with van der Waals surface area (Å²) in [5, 5.41) is 3.56. The quantitative estimate of drug-likeness (QED) is 0.896. The highest BCUT2D eigenvalue weighted by molar-refractivity contribution is 6.30. The molecule has 1 aromatic carbocycles. The van der Waals surface area contributed by atoms with E-state index in [2.05, 4.69) is 5.32 Å². The zero-order valence-corrected chi connectivity index (χ0v) is 14.3. The van der Waals surface area contributed by atoms with Gasteiger partial charge in [-0.1, -0.05) is 11.6 Å². The van der Waals surface area contributed by atoms with Gasteiger partial charge in [0.15, 0.2) is 0 Å². The molecule has 6 heteroatoms. The highest BCUT2D eigenvalue weighted by atomic mass is 35.5. The number of nitrogens with zero attached hydrogens (tertiary/aromatic N) is 1. The van der Waals surface area contributed by atoms with E-state index >= 15 is 0 Å². The van der Waals surface area contributed by atoms with E-state index in [9.17, 15) is 9.59 Å². The highest BCUT2D eigenvalue weighted by Crippen LogP contribution is 2.20. The molecule has 1 N–H and O–H groups in total. The first kappa shape index (κ1) is 17.8. The van der Waals surface area contributed by atoms with Gasteiger partial charge in [0.2, 0.25) is 5.91 Å². The molecule has 0 radical (unpaired) electrons. The van der Waals surface area contributed by atoms with E-state index in [4.69, 9.17) is 16.3 Å². The Morgan fingerprint density at radius 2 is 1.91 bits per heavy atom. The van der Waals surface area contributed by atoms with Crippen LogP contribution in [0, 0.1) is 5.92 Å². The van der Waals surface area contributed by atoms with Gasteiger partial charge in [-0.3, -0.25) is 9.59 Å². The number of benzene rings is 1. The number of hydrogen-bond acceptors (Lipinski definition) is 3. The third-order valence-corrected chi connectivity index (χ3v) is 4.30. The summed E-state index contributed by atoms with van der Waals surface area (Å²) in [6.45, 7) is 3.61. The first-order valence-electron chi connectivity index (χ1n) is 7.85. The van der Waals surface area contributed by atoms with E-state index in [0.717, 1.165) is 0 Å². The van der Waals surface area contributed by atoms with E-state index in [1.54, 1.807) is 36.3 Å². The van der Waals surface area contributed by atoms with Crippen molar-refractivity contribution in [2.75, 3.05) is 26.8 Å². The van der Waals surface area contributed by atoms with Crippen LogP contribution in [-0.2, 0) is 9.53 Å². The summed E-state index contributed by atoms with van der Waals surface area (Å²) in [7, 11) is 1.61. The molecule has 0 aromatic heterocycles. The molecule has 1 unspecified atom stereocenters. The second-order valence-electron chi connectivity index (χ2n) is 5.94. The summed E-state index contributed by atoms with van der Waals surface area (Å²) in [5.41, 5.74) is 0.631. The van der Waals surface area contributed by atoms with Crippen molar-refractivity contribution in [2.45, 2.75) is 25.8 Å². The first-order chi connectivity index (χ1) is 11.0. The standard InChI is InChI=1S/C17H23ClN2O3/c1-12(11-23-2)19-16(21)13-7-9-20(10-8-13)17(22)14-3-5-15(18)6-4-14/h3-6,12-13H,7-11H2,1-2H3,(H,19,21). The number of likely N-dealkylation sites (tertiary alicyclic amines) is 1. The van der Waals surface area contributed by atoms with Gasteiger partial charge in [0.1, 0.15) is 0 Å². The minimum absolute atomic E-state index is 0.00114. The average Bonchev–Trinajstić information content (AvgIpc) is 2.55. The van der Waals surface area contributed by atoms with Gasteiger partial charge in [-0.25, -0.2) is 0 Å². The van der Waals surface area contributed by atoms with Crippen LogP contribution in [0.4, 0.5) is 0 Å². The summed E-state index contributed by atoms with van der Waals surface area (Å²) in [4.78, 5) is 26.4. The minimum atomic E-state index is -0.0384. The molecule has 126 valence electrons. The number of rotatable bonds is 5. The zero-order valence-electron chi connectivity index (χ0n) is 13.5. The summed E-state index contributed by atoms with van der Waals surface area (Å²) in [6.07, 6.45) is 1.37. The van der Waals surface area contributed by atoms with Crippen LogP contribution in [0.5, 0.6) is 0 Å². The van der Waals surface area contributed by atoms with Gasteiger partial charge in [-0.05, 0) is 44.0 Å². The zero-order chi connectivity index (χ0) is 16.8. The summed E-state index contributed by atoms with van der Waals surface area (Å²) >= 11 is 5.84. The first-order valence-corrected chi connectivity index (χ1v) is 8.23. The largest absolute Gasteiger partial charge is 0.383 e. The molecule has 1 fully saturated rings. The Kier molecular flexibility index (Phi) is 6.42. The molecule has 0 spiro atoms. The molecular weight excluding hydrogens is 316 g/mol. The lowest BCUT2D eigenvalue weighted by Gasteiger charge is -2.32. The Morgan fingerprint density at radius 1 is 1.30 bits per heavy atom. The second kappa shape index (κ2) is 8.31. The normalized spacial score (nSPS) is 16.9. The van der Waals surface area contributed by atoms with E-state index in [-0.39, 0.29) is 23.8 Å². The molecule has 2 rings (SSSR count). The molecule has 23 heavy (non-hydrogen) atoms. The van der Waals surface area contributed by atoms with Crippen molar-refractivity contribution >= 4 is 23.4 Å². The van der Waals surface area contributed by atoms with E-state index < -0.39 is 0 Å². The summed E-state index contributed by atoms with van der Waals surface area (Å²) in [6, 6.07) is 6.89. The molecule has 2 amide bonds. The molecule has 0 saturated carbocycles. The maximum Gasteiger partial charge on any atom is 0.253 e. The fourth-order valence-corrected chi connectivity index (χ4v) is 2.90. The van der Waals surface area contributed by atoms with Crippen molar-refractivity contribution < 1.29 is 14.3 Å². The Balaban J connectivity index is 1.84. The van der Waals surface area contributed by atoms with Crippen LogP contribution in [0.15, 0.2) is 24.3 Å². The number of carbonyl (C=O) groups is 2. The number of amides is 2. The van der Waals surface area contributed by atoms with Gasteiger partial charge < -0.3 is 15.0 Å². The monoisotopic (exact) mass is 338 g/mol. The Labute approximate surface area is 141 Å². The van der Waals surface area contributed by atoms with E-state index in [0.29, 0.717) is 43.1 Å². The molecule has 1 atom stereocenters. The molecule has 1 aromatic rings. The van der Waals surface area contributed by atoms with Crippen LogP contribution in [-0.4, -0.2) is 49.6 Å². The molecule has 1 saturated heterocycles. The van der Waals surface area contributed by atoms with Crippen LogP contribution >= 0.6 is 11.6 Å².